The molecule has 9 heteroatoms. The van der Waals surface area contributed by atoms with Gasteiger partial charge in [0.25, 0.3) is 0 Å². The quantitative estimate of drug-likeness (QED) is 0.638. The van der Waals surface area contributed by atoms with Crippen molar-refractivity contribution in [3.8, 4) is 11.1 Å². The van der Waals surface area contributed by atoms with E-state index in [9.17, 15) is 17.6 Å². The summed E-state index contributed by atoms with van der Waals surface area (Å²) in [4.78, 5) is 7.31. The maximum Gasteiger partial charge on any atom is 0.489 e. The van der Waals surface area contributed by atoms with Gasteiger partial charge in [0, 0.05) is 18.0 Å². The summed E-state index contributed by atoms with van der Waals surface area (Å²) in [6.07, 6.45) is -1.30. The van der Waals surface area contributed by atoms with Crippen LogP contribution in [0, 0.1) is 5.82 Å². The van der Waals surface area contributed by atoms with Gasteiger partial charge in [-0.1, -0.05) is 6.07 Å². The standard InChI is InChI=1S/C11H7BF4N2O2/c13-9-2-6(7-3-17-5-18-4-7)1-8(12(19)20)10(9)11(14,15)16/h1-5,19-20H. The molecule has 0 amide bonds. The molecular weight excluding hydrogens is 279 g/mol. The average molecular weight is 286 g/mol. The highest BCUT2D eigenvalue weighted by atomic mass is 19.4. The van der Waals surface area contributed by atoms with E-state index in [0.29, 0.717) is 6.07 Å². The van der Waals surface area contributed by atoms with Crippen molar-refractivity contribution in [2.45, 2.75) is 6.18 Å². The molecule has 2 rings (SSSR count). The maximum atomic E-state index is 13.7. The van der Waals surface area contributed by atoms with Crippen molar-refractivity contribution in [1.29, 1.82) is 0 Å². The van der Waals surface area contributed by atoms with Crippen molar-refractivity contribution in [3.63, 3.8) is 0 Å². The van der Waals surface area contributed by atoms with Crippen LogP contribution in [0.1, 0.15) is 5.56 Å². The van der Waals surface area contributed by atoms with Crippen molar-refractivity contribution >= 4 is 12.6 Å². The second-order valence-corrected chi connectivity index (χ2v) is 3.92. The minimum Gasteiger partial charge on any atom is -0.423 e. The van der Waals surface area contributed by atoms with Gasteiger partial charge in [0.2, 0.25) is 0 Å². The lowest BCUT2D eigenvalue weighted by atomic mass is 9.75. The summed E-state index contributed by atoms with van der Waals surface area (Å²) >= 11 is 0. The van der Waals surface area contributed by atoms with Crippen LogP contribution in [-0.4, -0.2) is 27.1 Å². The van der Waals surface area contributed by atoms with Gasteiger partial charge in [0.05, 0.1) is 5.56 Å². The highest BCUT2D eigenvalue weighted by Crippen LogP contribution is 2.32. The van der Waals surface area contributed by atoms with Crippen LogP contribution >= 0.6 is 0 Å². The van der Waals surface area contributed by atoms with E-state index in [1.807, 2.05) is 0 Å². The largest absolute Gasteiger partial charge is 0.489 e. The number of alkyl halides is 3. The zero-order valence-electron chi connectivity index (χ0n) is 9.76. The SMILES string of the molecule is OB(O)c1cc(-c2cncnc2)cc(F)c1C(F)(F)F. The van der Waals surface area contributed by atoms with Crippen LogP contribution in [0.4, 0.5) is 17.6 Å². The van der Waals surface area contributed by atoms with Crippen LogP contribution in [0.3, 0.4) is 0 Å². The Hall–Kier alpha value is -2.00. The molecule has 0 bridgehead atoms. The molecule has 0 atom stereocenters. The zero-order chi connectivity index (χ0) is 14.9. The zero-order valence-corrected chi connectivity index (χ0v) is 9.76. The van der Waals surface area contributed by atoms with Crippen molar-refractivity contribution in [2.75, 3.05) is 0 Å². The molecule has 1 aromatic carbocycles. The van der Waals surface area contributed by atoms with Gasteiger partial charge in [-0.15, -0.1) is 0 Å². The molecule has 104 valence electrons. The lowest BCUT2D eigenvalue weighted by molar-refractivity contribution is -0.139. The first-order valence-electron chi connectivity index (χ1n) is 5.33. The van der Waals surface area contributed by atoms with Crippen LogP contribution < -0.4 is 5.46 Å². The van der Waals surface area contributed by atoms with Gasteiger partial charge < -0.3 is 10.0 Å². The van der Waals surface area contributed by atoms with Crippen LogP contribution in [0.15, 0.2) is 30.9 Å². The molecule has 0 aliphatic carbocycles. The maximum absolute atomic E-state index is 13.7. The van der Waals surface area contributed by atoms with Crippen LogP contribution in [0.25, 0.3) is 11.1 Å². The molecule has 0 spiro atoms. The summed E-state index contributed by atoms with van der Waals surface area (Å²) in [6, 6.07) is 1.49. The summed E-state index contributed by atoms with van der Waals surface area (Å²) < 4.78 is 51.8. The van der Waals surface area contributed by atoms with E-state index in [0.717, 1.165) is 6.07 Å². The van der Waals surface area contributed by atoms with Gasteiger partial charge >= 0.3 is 13.3 Å². The lowest BCUT2D eigenvalue weighted by Gasteiger charge is -2.15. The van der Waals surface area contributed by atoms with Crippen LogP contribution in [0.2, 0.25) is 0 Å². The second-order valence-electron chi connectivity index (χ2n) is 3.92. The van der Waals surface area contributed by atoms with E-state index in [-0.39, 0.29) is 11.1 Å². The molecule has 1 aromatic heterocycles. The van der Waals surface area contributed by atoms with E-state index in [1.165, 1.54) is 18.7 Å². The predicted octanol–water partition coefficient (Wildman–Crippen LogP) is 0.981. The molecule has 0 fully saturated rings. The molecule has 0 saturated carbocycles. The Bertz CT molecular complexity index is 620. The molecule has 20 heavy (non-hydrogen) atoms. The first-order valence-corrected chi connectivity index (χ1v) is 5.33. The fourth-order valence-corrected chi connectivity index (χ4v) is 1.75. The normalized spacial score (nSPS) is 11.5. The Balaban J connectivity index is 2.66. The van der Waals surface area contributed by atoms with E-state index < -0.39 is 30.1 Å². The molecule has 1 heterocycles. The third kappa shape index (κ3) is 2.78. The van der Waals surface area contributed by atoms with Crippen molar-refractivity contribution < 1.29 is 27.6 Å². The third-order valence-electron chi connectivity index (χ3n) is 2.58. The van der Waals surface area contributed by atoms with Gasteiger partial charge in [-0.3, -0.25) is 0 Å². The average Bonchev–Trinajstić information content (AvgIpc) is 2.37. The highest BCUT2D eigenvalue weighted by Gasteiger charge is 2.39. The fourth-order valence-electron chi connectivity index (χ4n) is 1.75. The first kappa shape index (κ1) is 14.4. The lowest BCUT2D eigenvalue weighted by Crippen LogP contribution is -2.37. The number of nitrogens with zero attached hydrogens (tertiary/aromatic N) is 2. The monoisotopic (exact) mass is 286 g/mol. The molecule has 0 radical (unpaired) electrons. The third-order valence-corrected chi connectivity index (χ3v) is 2.58. The highest BCUT2D eigenvalue weighted by molar-refractivity contribution is 6.59. The molecule has 2 aromatic rings. The van der Waals surface area contributed by atoms with E-state index >= 15 is 0 Å². The molecule has 0 aliphatic rings. The Morgan fingerprint density at radius 3 is 2.10 bits per heavy atom. The minimum atomic E-state index is -5.03. The number of benzene rings is 1. The van der Waals surface area contributed by atoms with Gasteiger partial charge in [0.1, 0.15) is 12.1 Å². The molecular formula is C11H7BF4N2O2. The number of halogens is 4. The van der Waals surface area contributed by atoms with E-state index in [4.69, 9.17) is 10.0 Å². The molecule has 4 nitrogen and oxygen atoms in total. The Kier molecular flexibility index (Phi) is 3.73. The van der Waals surface area contributed by atoms with Crippen molar-refractivity contribution in [2.24, 2.45) is 0 Å². The van der Waals surface area contributed by atoms with Gasteiger partial charge in [0.15, 0.2) is 0 Å². The molecule has 2 N–H and O–H groups in total. The van der Waals surface area contributed by atoms with Gasteiger partial charge in [-0.25, -0.2) is 14.4 Å². The Labute approximate surface area is 110 Å². The summed E-state index contributed by atoms with van der Waals surface area (Å²) in [5, 5.41) is 18.0. The number of rotatable bonds is 2. The summed E-state index contributed by atoms with van der Waals surface area (Å²) in [5.41, 5.74) is -2.40. The van der Waals surface area contributed by atoms with Gasteiger partial charge in [-0.05, 0) is 17.1 Å². The smallest absolute Gasteiger partial charge is 0.423 e. The number of aromatic nitrogens is 2. The number of hydrogen-bond acceptors (Lipinski definition) is 4. The van der Waals surface area contributed by atoms with Crippen LogP contribution in [0.5, 0.6) is 0 Å². The summed E-state index contributed by atoms with van der Waals surface area (Å²) in [6.45, 7) is 0. The fraction of sp³-hybridized carbons (Fsp3) is 0.0909. The number of hydrogen-bond donors (Lipinski definition) is 2. The predicted molar refractivity (Wildman–Crippen MR) is 62.3 cm³/mol. The topological polar surface area (TPSA) is 66.2 Å². The van der Waals surface area contributed by atoms with Crippen molar-refractivity contribution in [3.05, 3.63) is 42.2 Å². The minimum absolute atomic E-state index is 0.0131. The van der Waals surface area contributed by atoms with Gasteiger partial charge in [-0.2, -0.15) is 13.2 Å². The summed E-state index contributed by atoms with van der Waals surface area (Å²) in [5.74, 6) is -1.60. The van der Waals surface area contributed by atoms with Crippen LogP contribution in [-0.2, 0) is 6.18 Å². The molecule has 0 saturated heterocycles. The second kappa shape index (κ2) is 5.18. The molecule has 0 unspecified atom stereocenters. The first-order chi connectivity index (χ1) is 9.30. The Morgan fingerprint density at radius 2 is 1.60 bits per heavy atom. The molecule has 0 aliphatic heterocycles. The van der Waals surface area contributed by atoms with E-state index in [1.54, 1.807) is 0 Å². The van der Waals surface area contributed by atoms with E-state index in [2.05, 4.69) is 9.97 Å². The van der Waals surface area contributed by atoms with Crippen molar-refractivity contribution in [1.82, 2.24) is 9.97 Å². The summed E-state index contributed by atoms with van der Waals surface area (Å²) in [7, 11) is -2.45. The Morgan fingerprint density at radius 1 is 1.00 bits per heavy atom.